The molecule has 2 nitrogen and oxygen atoms in total. The van der Waals surface area contributed by atoms with Gasteiger partial charge < -0.3 is 0 Å². The van der Waals surface area contributed by atoms with Crippen molar-refractivity contribution < 1.29 is 19.8 Å². The molecule has 0 heterocycles. The summed E-state index contributed by atoms with van der Waals surface area (Å²) >= 11 is 2.72. The van der Waals surface area contributed by atoms with E-state index in [0.717, 1.165) is 0 Å². The Balaban J connectivity index is 0. The Labute approximate surface area is 65.1 Å². The first kappa shape index (κ1) is 9.19. The Morgan fingerprint density at radius 2 is 1.25 bits per heavy atom. The molecule has 0 aliphatic heterocycles. The van der Waals surface area contributed by atoms with Gasteiger partial charge in [-0.3, -0.25) is 0 Å². The van der Waals surface area contributed by atoms with Crippen LogP contribution in [-0.4, -0.2) is 46.7 Å². The summed E-state index contributed by atoms with van der Waals surface area (Å²) in [5.41, 5.74) is 0. The molecule has 0 aromatic heterocycles. The Kier molecular flexibility index (Phi) is 51.4. The van der Waals surface area contributed by atoms with Gasteiger partial charge in [0.1, 0.15) is 0 Å². The molecule has 0 saturated carbocycles. The molecule has 0 bridgehead atoms. The summed E-state index contributed by atoms with van der Waals surface area (Å²) in [4.78, 5) is 0. The fraction of sp³-hybridized carbons (Fsp3) is 0. The van der Waals surface area contributed by atoms with Crippen molar-refractivity contribution >= 4 is 46.7 Å². The zero-order chi connectivity index (χ0) is 4.00. The van der Waals surface area contributed by atoms with Crippen molar-refractivity contribution in [1.29, 1.82) is 0 Å². The Bertz CT molecular complexity index is 8.00. The Hall–Kier alpha value is 1.69. The van der Waals surface area contributed by atoms with Gasteiger partial charge in [-0.05, 0) is 0 Å². The van der Waals surface area contributed by atoms with Crippen LogP contribution in [0.3, 0.4) is 0 Å². The fourth-order valence-corrected chi connectivity index (χ4v) is 0. The van der Waals surface area contributed by atoms with Crippen molar-refractivity contribution in [2.45, 2.75) is 0 Å². The molecule has 0 spiro atoms. The van der Waals surface area contributed by atoms with Gasteiger partial charge in [-0.2, -0.15) is 0 Å². The molecule has 0 aliphatic carbocycles. The van der Waals surface area contributed by atoms with E-state index in [1.165, 1.54) is 0 Å². The summed E-state index contributed by atoms with van der Waals surface area (Å²) in [6.45, 7) is 0. The zero-order valence-corrected chi connectivity index (χ0v) is 7.21. The van der Waals surface area contributed by atoms with Crippen LogP contribution in [0, 0.1) is 0 Å². The minimum atomic E-state index is -0.222. The fourth-order valence-electron chi connectivity index (χ4n) is 0. The predicted octanol–water partition coefficient (Wildman–Crippen LogP) is -0.621. The summed E-state index contributed by atoms with van der Waals surface area (Å²) in [6, 6.07) is 0. The third-order valence-corrected chi connectivity index (χ3v) is 0. The van der Waals surface area contributed by atoms with Crippen LogP contribution in [0.5, 0.6) is 0 Å². The summed E-state index contributed by atoms with van der Waals surface area (Å²) < 4.78 is 16.3. The number of hydrogen-bond donors (Lipinski definition) is 0. The molecule has 0 aromatic rings. The first-order valence-corrected chi connectivity index (χ1v) is 2.61. The van der Waals surface area contributed by atoms with Gasteiger partial charge in [0.05, 0.1) is 0 Å². The van der Waals surface area contributed by atoms with Crippen LogP contribution < -0.4 is 0 Å². The quantitative estimate of drug-likeness (QED) is 0.522. The third-order valence-electron chi connectivity index (χ3n) is 0. The maximum atomic E-state index is 8.44. The SMILES string of the molecule is [O]=[Ba].[O]=[Cu]. The van der Waals surface area contributed by atoms with Crippen molar-refractivity contribution in [1.82, 2.24) is 0 Å². The summed E-state index contributed by atoms with van der Waals surface area (Å²) in [5.74, 6) is 0. The molecule has 0 rings (SSSR count). The second kappa shape index (κ2) is 22.4. The van der Waals surface area contributed by atoms with E-state index in [1.807, 2.05) is 0 Å². The van der Waals surface area contributed by atoms with Crippen LogP contribution in [0.2, 0.25) is 0 Å². The summed E-state index contributed by atoms with van der Waals surface area (Å²) in [5, 5.41) is 0. The van der Waals surface area contributed by atoms with Crippen LogP contribution in [0.15, 0.2) is 0 Å². The molecule has 0 atom stereocenters. The topological polar surface area (TPSA) is 34.1 Å². The molecule has 0 saturated heterocycles. The van der Waals surface area contributed by atoms with Gasteiger partial charge in [-0.1, -0.05) is 0 Å². The molecule has 0 unspecified atom stereocenters. The van der Waals surface area contributed by atoms with E-state index in [4.69, 9.17) is 3.87 Å². The van der Waals surface area contributed by atoms with E-state index in [9.17, 15) is 0 Å². The van der Waals surface area contributed by atoms with Gasteiger partial charge in [-0.15, -0.1) is 0 Å². The average Bonchev–Trinajstić information content (AvgIpc) is 1.50. The van der Waals surface area contributed by atoms with Gasteiger partial charge in [-0.25, -0.2) is 0 Å². The summed E-state index contributed by atoms with van der Waals surface area (Å²) in [6.07, 6.45) is 0. The molecule has 0 aromatic carbocycles. The molecule has 4 heavy (non-hydrogen) atoms. The first-order chi connectivity index (χ1) is 2.00. The van der Waals surface area contributed by atoms with Gasteiger partial charge in [0.15, 0.2) is 0 Å². The van der Waals surface area contributed by atoms with Crippen LogP contribution in [0.4, 0.5) is 0 Å². The minimum absolute atomic E-state index is 0.222. The maximum absolute atomic E-state index is 8.44. The summed E-state index contributed by atoms with van der Waals surface area (Å²) in [7, 11) is 0. The Morgan fingerprint density at radius 1 is 1.25 bits per heavy atom. The number of hydrogen-bond acceptors (Lipinski definition) is 2. The molecule has 4 heteroatoms. The average molecular weight is 233 g/mol. The van der Waals surface area contributed by atoms with Crippen molar-refractivity contribution in [2.75, 3.05) is 0 Å². The van der Waals surface area contributed by atoms with E-state index in [0.29, 0.717) is 0 Å². The molecule has 0 fully saturated rings. The molecule has 0 radical (unpaired) electrons. The van der Waals surface area contributed by atoms with Crippen molar-refractivity contribution in [3.63, 3.8) is 0 Å². The van der Waals surface area contributed by atoms with Gasteiger partial charge >= 0.3 is 66.5 Å². The van der Waals surface area contributed by atoms with Crippen LogP contribution in [-0.2, 0) is 19.8 Å². The molecule has 0 aliphatic rings. The van der Waals surface area contributed by atoms with Crippen LogP contribution in [0.1, 0.15) is 0 Å². The van der Waals surface area contributed by atoms with Crippen LogP contribution in [0.25, 0.3) is 0 Å². The first-order valence-electron chi connectivity index (χ1n) is 0.412. The van der Waals surface area contributed by atoms with Crippen molar-refractivity contribution in [3.8, 4) is 0 Å². The van der Waals surface area contributed by atoms with E-state index < -0.39 is 0 Å². The number of rotatable bonds is 0. The zero-order valence-electron chi connectivity index (χ0n) is 1.83. The van der Waals surface area contributed by atoms with E-state index in [-0.39, 0.29) is 46.7 Å². The second-order valence-electron chi connectivity index (χ2n) is 0. The normalized spacial score (nSPS) is 3.00. The molecule has 25 valence electrons. The standard InChI is InChI=1S/Ba.Cu.2O. The Morgan fingerprint density at radius 3 is 1.25 bits per heavy atom. The monoisotopic (exact) mass is 233 g/mol. The predicted molar refractivity (Wildman–Crippen MR) is 7.13 cm³/mol. The van der Waals surface area contributed by atoms with Crippen molar-refractivity contribution in [3.05, 3.63) is 0 Å². The van der Waals surface area contributed by atoms with E-state index >= 15 is 0 Å². The molecule has 0 N–H and O–H groups in total. The van der Waals surface area contributed by atoms with E-state index in [1.54, 1.807) is 0 Å². The van der Waals surface area contributed by atoms with Crippen LogP contribution >= 0.6 is 0 Å². The van der Waals surface area contributed by atoms with Gasteiger partial charge in [0.25, 0.3) is 0 Å². The van der Waals surface area contributed by atoms with Gasteiger partial charge in [0.2, 0.25) is 0 Å². The molecular formula is BaCuO2. The van der Waals surface area contributed by atoms with Crippen molar-refractivity contribution in [2.24, 2.45) is 0 Å². The third kappa shape index (κ3) is 9.35. The molecular weight excluding hydrogens is 233 g/mol. The molecule has 0 amide bonds. The second-order valence-corrected chi connectivity index (χ2v) is 0. The van der Waals surface area contributed by atoms with Gasteiger partial charge in [0, 0.05) is 0 Å². The van der Waals surface area contributed by atoms with E-state index in [2.05, 4.69) is 15.9 Å².